The highest BCUT2D eigenvalue weighted by molar-refractivity contribution is 5.90. The van der Waals surface area contributed by atoms with Gasteiger partial charge in [0.25, 0.3) is 0 Å². The lowest BCUT2D eigenvalue weighted by atomic mass is 10.0. The summed E-state index contributed by atoms with van der Waals surface area (Å²) in [6, 6.07) is 9.99. The summed E-state index contributed by atoms with van der Waals surface area (Å²) in [5.74, 6) is -0.266. The van der Waals surface area contributed by atoms with Crippen molar-refractivity contribution in [3.63, 3.8) is 0 Å². The average molecular weight is 501 g/mol. The van der Waals surface area contributed by atoms with E-state index in [1.54, 1.807) is 11.8 Å². The molecule has 2 atom stereocenters. The van der Waals surface area contributed by atoms with Crippen LogP contribution in [0.4, 0.5) is 35.7 Å². The molecule has 1 amide bonds. The van der Waals surface area contributed by atoms with Crippen LogP contribution >= 0.6 is 0 Å². The van der Waals surface area contributed by atoms with Gasteiger partial charge in [0.15, 0.2) is 5.69 Å². The number of cyclic esters (lactones) is 1. The number of benzene rings is 1. The minimum atomic E-state index is -4.81. The fourth-order valence-corrected chi connectivity index (χ4v) is 4.24. The van der Waals surface area contributed by atoms with Crippen molar-refractivity contribution in [2.45, 2.75) is 25.2 Å². The molecule has 2 aromatic heterocycles. The molecule has 10 nitrogen and oxygen atoms in total. The second-order valence-electron chi connectivity index (χ2n) is 8.32. The number of morpholine rings is 1. The number of hydrogen-bond donors (Lipinski definition) is 1. The number of nitrogens with zero attached hydrogens (tertiary/aromatic N) is 6. The minimum absolute atomic E-state index is 0.0994. The van der Waals surface area contributed by atoms with Gasteiger partial charge in [-0.2, -0.15) is 18.2 Å². The molecule has 0 bridgehead atoms. The lowest BCUT2D eigenvalue weighted by Gasteiger charge is -2.28. The summed E-state index contributed by atoms with van der Waals surface area (Å²) in [5.41, 5.74) is 4.52. The Kier molecular flexibility index (Phi) is 6.08. The number of anilines is 3. The smallest absolute Gasteiger partial charge is 0.434 e. The Morgan fingerprint density at radius 2 is 1.81 bits per heavy atom. The fraction of sp³-hybridized carbons (Fsp3) is 0.348. The number of halogens is 3. The molecule has 188 valence electrons. The van der Waals surface area contributed by atoms with E-state index < -0.39 is 36.1 Å². The Bertz CT molecular complexity index is 1270. The number of nitrogens with two attached hydrogens (primary N) is 1. The van der Waals surface area contributed by atoms with E-state index >= 15 is 0 Å². The van der Waals surface area contributed by atoms with Crippen LogP contribution in [-0.2, 0) is 15.7 Å². The number of hydrogen-bond acceptors (Lipinski definition) is 9. The van der Waals surface area contributed by atoms with Crippen molar-refractivity contribution in [3.05, 3.63) is 53.9 Å². The van der Waals surface area contributed by atoms with Gasteiger partial charge in [-0.3, -0.25) is 4.90 Å². The van der Waals surface area contributed by atoms with Crippen molar-refractivity contribution in [1.82, 2.24) is 19.9 Å². The van der Waals surface area contributed by atoms with Gasteiger partial charge in [-0.25, -0.2) is 19.7 Å². The number of amides is 1. The van der Waals surface area contributed by atoms with Crippen LogP contribution in [0.15, 0.2) is 42.6 Å². The van der Waals surface area contributed by atoms with E-state index in [9.17, 15) is 18.0 Å². The van der Waals surface area contributed by atoms with Crippen LogP contribution in [0.25, 0.3) is 11.3 Å². The van der Waals surface area contributed by atoms with E-state index in [1.165, 1.54) is 11.0 Å². The molecule has 2 unspecified atom stereocenters. The number of carbonyl (C=O) groups excluding carboxylic acids is 1. The highest BCUT2D eigenvalue weighted by atomic mass is 19.4. The first-order valence-electron chi connectivity index (χ1n) is 11.2. The van der Waals surface area contributed by atoms with Gasteiger partial charge < -0.3 is 20.1 Å². The summed E-state index contributed by atoms with van der Waals surface area (Å²) in [5, 5.41) is 0. The summed E-state index contributed by atoms with van der Waals surface area (Å²) in [6.07, 6.45) is -5.10. The number of rotatable bonds is 4. The summed E-state index contributed by atoms with van der Waals surface area (Å²) < 4.78 is 52.5. The molecule has 0 spiro atoms. The SMILES string of the molecule is CC1C(c2ccccc2)OC(=O)N1c1cc(-c2cnc(N)nc2C(F)(F)F)nc(N2CCOCC2)n1. The Labute approximate surface area is 203 Å². The van der Waals surface area contributed by atoms with Crippen LogP contribution < -0.4 is 15.5 Å². The molecule has 0 saturated carbocycles. The molecule has 13 heteroatoms. The zero-order valence-corrected chi connectivity index (χ0v) is 19.1. The maximum absolute atomic E-state index is 13.8. The normalized spacial score (nSPS) is 20.5. The molecule has 5 rings (SSSR count). The van der Waals surface area contributed by atoms with Gasteiger partial charge in [-0.15, -0.1) is 0 Å². The van der Waals surface area contributed by atoms with Gasteiger partial charge in [0.1, 0.15) is 11.9 Å². The van der Waals surface area contributed by atoms with Crippen molar-refractivity contribution >= 4 is 23.8 Å². The second-order valence-corrected chi connectivity index (χ2v) is 8.32. The molecule has 4 heterocycles. The quantitative estimate of drug-likeness (QED) is 0.573. The van der Waals surface area contributed by atoms with Crippen LogP contribution in [0.3, 0.4) is 0 Å². The number of nitrogen functional groups attached to an aromatic ring is 1. The first-order valence-corrected chi connectivity index (χ1v) is 11.2. The van der Waals surface area contributed by atoms with E-state index in [0.717, 1.165) is 11.8 Å². The highest BCUT2D eigenvalue weighted by Gasteiger charge is 2.42. The molecule has 36 heavy (non-hydrogen) atoms. The Morgan fingerprint density at radius 3 is 2.50 bits per heavy atom. The topological polar surface area (TPSA) is 120 Å². The van der Waals surface area contributed by atoms with Crippen LogP contribution in [0.5, 0.6) is 0 Å². The third-order valence-electron chi connectivity index (χ3n) is 5.99. The van der Waals surface area contributed by atoms with Gasteiger partial charge in [-0.05, 0) is 12.5 Å². The van der Waals surface area contributed by atoms with Crippen LogP contribution in [-0.4, -0.2) is 58.4 Å². The van der Waals surface area contributed by atoms with E-state index in [0.29, 0.717) is 26.3 Å². The van der Waals surface area contributed by atoms with E-state index in [1.807, 2.05) is 30.3 Å². The molecule has 0 aliphatic carbocycles. The van der Waals surface area contributed by atoms with Crippen LogP contribution in [0.2, 0.25) is 0 Å². The van der Waals surface area contributed by atoms with E-state index in [2.05, 4.69) is 19.9 Å². The first-order chi connectivity index (χ1) is 17.2. The molecule has 2 N–H and O–H groups in total. The third-order valence-corrected chi connectivity index (χ3v) is 5.99. The third kappa shape index (κ3) is 4.49. The summed E-state index contributed by atoms with van der Waals surface area (Å²) >= 11 is 0. The van der Waals surface area contributed by atoms with Crippen LogP contribution in [0.1, 0.15) is 24.3 Å². The van der Waals surface area contributed by atoms with Crippen molar-refractivity contribution in [2.24, 2.45) is 0 Å². The molecule has 2 aliphatic heterocycles. The monoisotopic (exact) mass is 501 g/mol. The summed E-state index contributed by atoms with van der Waals surface area (Å²) in [4.78, 5) is 32.2. The Balaban J connectivity index is 1.62. The lowest BCUT2D eigenvalue weighted by Crippen LogP contribution is -2.38. The number of aromatic nitrogens is 4. The van der Waals surface area contributed by atoms with Crippen molar-refractivity contribution < 1.29 is 27.4 Å². The van der Waals surface area contributed by atoms with Crippen molar-refractivity contribution in [2.75, 3.05) is 41.8 Å². The molecule has 1 aromatic carbocycles. The largest absolute Gasteiger partial charge is 0.439 e. The van der Waals surface area contributed by atoms with E-state index in [-0.39, 0.29) is 23.0 Å². The number of alkyl halides is 3. The van der Waals surface area contributed by atoms with Gasteiger partial charge >= 0.3 is 12.3 Å². The molecular weight excluding hydrogens is 479 g/mol. The molecule has 2 fully saturated rings. The average Bonchev–Trinajstić information content (AvgIpc) is 3.18. The Morgan fingerprint density at radius 1 is 1.08 bits per heavy atom. The second kappa shape index (κ2) is 9.22. The maximum Gasteiger partial charge on any atom is 0.434 e. The minimum Gasteiger partial charge on any atom is -0.439 e. The molecule has 3 aromatic rings. The molecule has 2 saturated heterocycles. The molecular formula is C23H22F3N7O3. The Hall–Kier alpha value is -4.00. The molecule has 2 aliphatic rings. The summed E-state index contributed by atoms with van der Waals surface area (Å²) in [7, 11) is 0. The zero-order valence-electron chi connectivity index (χ0n) is 19.1. The van der Waals surface area contributed by atoms with Gasteiger partial charge in [0.05, 0.1) is 24.9 Å². The maximum atomic E-state index is 13.8. The lowest BCUT2D eigenvalue weighted by molar-refractivity contribution is -0.140. The zero-order chi connectivity index (χ0) is 25.4. The van der Waals surface area contributed by atoms with Crippen molar-refractivity contribution in [1.29, 1.82) is 0 Å². The van der Waals surface area contributed by atoms with Crippen LogP contribution in [0, 0.1) is 0 Å². The molecule has 0 radical (unpaired) electrons. The highest BCUT2D eigenvalue weighted by Crippen LogP contribution is 2.39. The summed E-state index contributed by atoms with van der Waals surface area (Å²) in [6.45, 7) is 3.45. The predicted octanol–water partition coefficient (Wildman–Crippen LogP) is 3.46. The predicted molar refractivity (Wildman–Crippen MR) is 123 cm³/mol. The van der Waals surface area contributed by atoms with Crippen molar-refractivity contribution in [3.8, 4) is 11.3 Å². The van der Waals surface area contributed by atoms with Gasteiger partial charge in [0.2, 0.25) is 11.9 Å². The first kappa shape index (κ1) is 23.7. The fourth-order valence-electron chi connectivity index (χ4n) is 4.24. The van der Waals surface area contributed by atoms with Gasteiger partial charge in [0, 0.05) is 30.9 Å². The standard InChI is InChI=1S/C23H22F3N7O3/c1-13-18(14-5-3-2-4-6-14)36-22(34)33(13)17-11-16(29-21(30-17)32-7-9-35-10-8-32)15-12-28-20(27)31-19(15)23(24,25)26/h2-6,11-13,18H,7-10H2,1H3,(H2,27,28,31). The number of ether oxygens (including phenoxy) is 2. The van der Waals surface area contributed by atoms with E-state index in [4.69, 9.17) is 15.2 Å². The number of carbonyl (C=O) groups is 1. The van der Waals surface area contributed by atoms with Gasteiger partial charge in [-0.1, -0.05) is 30.3 Å².